The van der Waals surface area contributed by atoms with Gasteiger partial charge in [-0.05, 0) is 42.5 Å². The highest BCUT2D eigenvalue weighted by Crippen LogP contribution is 2.31. The summed E-state index contributed by atoms with van der Waals surface area (Å²) in [5, 5.41) is 3.41. The molecular weight excluding hydrogens is 444 g/mol. The molecule has 0 fully saturated rings. The number of carbonyl (C=O) groups excluding carboxylic acids is 2. The Balaban J connectivity index is 1.80. The molecule has 3 rings (SSSR count). The van der Waals surface area contributed by atoms with Gasteiger partial charge in [-0.25, -0.2) is 0 Å². The standard InChI is InChI=1S/C25H25ClN2O5/c1-28(2)25(30)17-10-11-21(31-3)20(13-17)27-24(29)16-9-12-22(23(14-16)32-4)33-15-18-7-5-6-8-19(18)26/h5-14H,15H2,1-4H3,(H,27,29). The van der Waals surface area contributed by atoms with Crippen molar-refractivity contribution in [3.05, 3.63) is 82.4 Å². The second-order valence-corrected chi connectivity index (χ2v) is 7.72. The summed E-state index contributed by atoms with van der Waals surface area (Å²) in [5.41, 5.74) is 2.00. The number of ether oxygens (including phenoxy) is 3. The summed E-state index contributed by atoms with van der Waals surface area (Å²) in [6.45, 7) is 0.255. The van der Waals surface area contributed by atoms with Gasteiger partial charge in [0.25, 0.3) is 11.8 Å². The van der Waals surface area contributed by atoms with E-state index in [9.17, 15) is 9.59 Å². The van der Waals surface area contributed by atoms with Gasteiger partial charge in [-0.1, -0.05) is 29.8 Å². The SMILES string of the molecule is COc1ccc(C(=O)N(C)C)cc1NC(=O)c1ccc(OCc2ccccc2Cl)c(OC)c1. The summed E-state index contributed by atoms with van der Waals surface area (Å²) in [4.78, 5) is 26.7. The Morgan fingerprint density at radius 1 is 0.879 bits per heavy atom. The number of rotatable bonds is 8. The van der Waals surface area contributed by atoms with Gasteiger partial charge < -0.3 is 24.4 Å². The maximum Gasteiger partial charge on any atom is 0.255 e. The number of benzene rings is 3. The third-order valence-corrected chi connectivity index (χ3v) is 5.24. The molecule has 0 aromatic heterocycles. The van der Waals surface area contributed by atoms with Gasteiger partial charge in [-0.2, -0.15) is 0 Å². The van der Waals surface area contributed by atoms with Crippen LogP contribution in [-0.4, -0.2) is 45.0 Å². The third kappa shape index (κ3) is 5.75. The van der Waals surface area contributed by atoms with E-state index in [-0.39, 0.29) is 12.5 Å². The van der Waals surface area contributed by atoms with Crippen molar-refractivity contribution >= 4 is 29.1 Å². The van der Waals surface area contributed by atoms with Crippen LogP contribution in [0.25, 0.3) is 0 Å². The first-order valence-corrected chi connectivity index (χ1v) is 10.5. The molecule has 0 aliphatic rings. The normalized spacial score (nSPS) is 10.3. The van der Waals surface area contributed by atoms with Crippen molar-refractivity contribution in [2.75, 3.05) is 33.6 Å². The lowest BCUT2D eigenvalue weighted by molar-refractivity contribution is 0.0827. The van der Waals surface area contributed by atoms with Crippen LogP contribution in [0.2, 0.25) is 5.02 Å². The van der Waals surface area contributed by atoms with Gasteiger partial charge in [0.15, 0.2) is 11.5 Å². The molecule has 0 radical (unpaired) electrons. The Morgan fingerprint density at radius 2 is 1.55 bits per heavy atom. The quantitative estimate of drug-likeness (QED) is 0.509. The van der Waals surface area contributed by atoms with E-state index in [0.29, 0.717) is 39.1 Å². The molecule has 0 bridgehead atoms. The Bertz CT molecular complexity index is 1160. The Hall–Kier alpha value is -3.71. The van der Waals surface area contributed by atoms with Crippen LogP contribution in [0.5, 0.6) is 17.2 Å². The van der Waals surface area contributed by atoms with E-state index in [1.54, 1.807) is 56.6 Å². The van der Waals surface area contributed by atoms with Crippen LogP contribution in [-0.2, 0) is 6.61 Å². The van der Waals surface area contributed by atoms with Gasteiger partial charge in [-0.3, -0.25) is 9.59 Å². The van der Waals surface area contributed by atoms with Gasteiger partial charge in [0.2, 0.25) is 0 Å². The molecule has 0 heterocycles. The van der Waals surface area contributed by atoms with Gasteiger partial charge in [-0.15, -0.1) is 0 Å². The third-order valence-electron chi connectivity index (χ3n) is 4.87. The van der Waals surface area contributed by atoms with Crippen LogP contribution in [0.15, 0.2) is 60.7 Å². The average Bonchev–Trinajstić information content (AvgIpc) is 2.82. The number of hydrogen-bond donors (Lipinski definition) is 1. The molecule has 0 spiro atoms. The van der Waals surface area contributed by atoms with E-state index in [0.717, 1.165) is 5.56 Å². The molecule has 0 aliphatic heterocycles. The largest absolute Gasteiger partial charge is 0.495 e. The summed E-state index contributed by atoms with van der Waals surface area (Å²) in [6, 6.07) is 17.1. The molecule has 7 nitrogen and oxygen atoms in total. The number of amides is 2. The number of hydrogen-bond acceptors (Lipinski definition) is 5. The van der Waals surface area contributed by atoms with Crippen LogP contribution in [0, 0.1) is 0 Å². The molecule has 3 aromatic rings. The molecule has 0 saturated heterocycles. The van der Waals surface area contributed by atoms with E-state index in [4.69, 9.17) is 25.8 Å². The van der Waals surface area contributed by atoms with Crippen molar-refractivity contribution in [2.24, 2.45) is 0 Å². The lowest BCUT2D eigenvalue weighted by Gasteiger charge is -2.15. The molecule has 33 heavy (non-hydrogen) atoms. The Labute approximate surface area is 197 Å². The van der Waals surface area contributed by atoms with Crippen LogP contribution in [0.4, 0.5) is 5.69 Å². The summed E-state index contributed by atoms with van der Waals surface area (Å²) >= 11 is 6.18. The van der Waals surface area contributed by atoms with Crippen molar-refractivity contribution in [1.29, 1.82) is 0 Å². The monoisotopic (exact) mass is 468 g/mol. The lowest BCUT2D eigenvalue weighted by atomic mass is 10.1. The zero-order chi connectivity index (χ0) is 24.0. The molecule has 3 aromatic carbocycles. The maximum atomic E-state index is 12.9. The number of methoxy groups -OCH3 is 2. The topological polar surface area (TPSA) is 77.1 Å². The van der Waals surface area contributed by atoms with Crippen LogP contribution in [0.3, 0.4) is 0 Å². The van der Waals surface area contributed by atoms with Gasteiger partial charge in [0.1, 0.15) is 12.4 Å². The Morgan fingerprint density at radius 3 is 2.21 bits per heavy atom. The van der Waals surface area contributed by atoms with E-state index < -0.39 is 5.91 Å². The zero-order valence-electron chi connectivity index (χ0n) is 18.8. The predicted octanol–water partition coefficient (Wildman–Crippen LogP) is 4.89. The number of anilines is 1. The lowest BCUT2D eigenvalue weighted by Crippen LogP contribution is -2.22. The number of nitrogens with one attached hydrogen (secondary N) is 1. The highest BCUT2D eigenvalue weighted by Gasteiger charge is 2.16. The molecule has 1 N–H and O–H groups in total. The summed E-state index contributed by atoms with van der Waals surface area (Å²) < 4.78 is 16.6. The highest BCUT2D eigenvalue weighted by atomic mass is 35.5. The highest BCUT2D eigenvalue weighted by molar-refractivity contribution is 6.31. The molecule has 0 unspecified atom stereocenters. The van der Waals surface area contributed by atoms with E-state index >= 15 is 0 Å². The Kier molecular flexibility index (Phi) is 7.79. The van der Waals surface area contributed by atoms with Crippen LogP contribution in [0.1, 0.15) is 26.3 Å². The molecular formula is C25H25ClN2O5. The van der Waals surface area contributed by atoms with E-state index in [1.807, 2.05) is 18.2 Å². The van der Waals surface area contributed by atoms with E-state index in [1.165, 1.54) is 19.1 Å². The smallest absolute Gasteiger partial charge is 0.255 e. The van der Waals surface area contributed by atoms with Crippen molar-refractivity contribution in [3.63, 3.8) is 0 Å². The van der Waals surface area contributed by atoms with Crippen molar-refractivity contribution < 1.29 is 23.8 Å². The molecule has 8 heteroatoms. The first-order valence-electron chi connectivity index (χ1n) is 10.1. The number of halogens is 1. The number of carbonyl (C=O) groups is 2. The minimum absolute atomic E-state index is 0.185. The molecule has 0 atom stereocenters. The minimum Gasteiger partial charge on any atom is -0.495 e. The molecule has 2 amide bonds. The van der Waals surface area contributed by atoms with Crippen LogP contribution < -0.4 is 19.5 Å². The van der Waals surface area contributed by atoms with Crippen molar-refractivity contribution in [3.8, 4) is 17.2 Å². The summed E-state index contributed by atoms with van der Waals surface area (Å²) in [7, 11) is 6.31. The zero-order valence-corrected chi connectivity index (χ0v) is 19.6. The fourth-order valence-electron chi connectivity index (χ4n) is 3.09. The predicted molar refractivity (Wildman–Crippen MR) is 128 cm³/mol. The molecule has 172 valence electrons. The summed E-state index contributed by atoms with van der Waals surface area (Å²) in [6.07, 6.45) is 0. The molecule has 0 aliphatic carbocycles. The second kappa shape index (κ2) is 10.7. The summed E-state index contributed by atoms with van der Waals surface area (Å²) in [5.74, 6) is 0.738. The molecule has 0 saturated carbocycles. The van der Waals surface area contributed by atoms with Gasteiger partial charge in [0.05, 0.1) is 19.9 Å². The van der Waals surface area contributed by atoms with Crippen LogP contribution >= 0.6 is 11.6 Å². The number of nitrogens with zero attached hydrogens (tertiary/aromatic N) is 1. The van der Waals surface area contributed by atoms with E-state index in [2.05, 4.69) is 5.32 Å². The fraction of sp³-hybridized carbons (Fsp3) is 0.200. The first-order chi connectivity index (χ1) is 15.8. The van der Waals surface area contributed by atoms with Gasteiger partial charge >= 0.3 is 0 Å². The minimum atomic E-state index is -0.390. The second-order valence-electron chi connectivity index (χ2n) is 7.31. The van der Waals surface area contributed by atoms with Crippen molar-refractivity contribution in [2.45, 2.75) is 6.61 Å². The average molecular weight is 469 g/mol. The first kappa shape index (κ1) is 23.9. The maximum absolute atomic E-state index is 12.9. The fourth-order valence-corrected chi connectivity index (χ4v) is 3.28. The van der Waals surface area contributed by atoms with Crippen molar-refractivity contribution in [1.82, 2.24) is 4.90 Å². The van der Waals surface area contributed by atoms with Gasteiger partial charge in [0, 0.05) is 35.8 Å².